The Kier molecular flexibility index (Phi) is 6.09. The molecule has 0 radical (unpaired) electrons. The van der Waals surface area contributed by atoms with Crippen molar-refractivity contribution in [2.45, 2.75) is 26.2 Å². The highest BCUT2D eigenvalue weighted by molar-refractivity contribution is 5.81. The molecule has 1 atom stereocenters. The van der Waals surface area contributed by atoms with E-state index in [0.29, 0.717) is 50.6 Å². The first kappa shape index (κ1) is 17.4. The van der Waals surface area contributed by atoms with Gasteiger partial charge in [-0.15, -0.1) is 0 Å². The fourth-order valence-corrected chi connectivity index (χ4v) is 2.68. The van der Waals surface area contributed by atoms with Gasteiger partial charge >= 0.3 is 0 Å². The molecule has 2 rings (SSSR count). The highest BCUT2D eigenvalue weighted by Gasteiger charge is 2.28. The lowest BCUT2D eigenvalue weighted by Crippen LogP contribution is -2.41. The van der Waals surface area contributed by atoms with Crippen molar-refractivity contribution in [2.24, 2.45) is 5.92 Å². The van der Waals surface area contributed by atoms with E-state index in [2.05, 4.69) is 20.4 Å². The van der Waals surface area contributed by atoms with Crippen LogP contribution in [0.15, 0.2) is 4.52 Å². The molecule has 2 amide bonds. The molecule has 8 nitrogen and oxygen atoms in total. The Balaban J connectivity index is 1.92. The number of amides is 2. The number of aromatic nitrogens is 2. The zero-order valence-corrected chi connectivity index (χ0v) is 14.0. The van der Waals surface area contributed by atoms with Crippen molar-refractivity contribution in [2.75, 3.05) is 40.3 Å². The second-order valence-corrected chi connectivity index (χ2v) is 5.87. The molecule has 1 aromatic heterocycles. The van der Waals surface area contributed by atoms with E-state index in [1.165, 1.54) is 0 Å². The number of hydrogen-bond donors (Lipinski definition) is 1. The van der Waals surface area contributed by atoms with Crippen LogP contribution in [0, 0.1) is 5.92 Å². The molecule has 0 aliphatic carbocycles. The Morgan fingerprint density at radius 2 is 2.13 bits per heavy atom. The maximum atomic E-state index is 12.4. The molecular formula is C15H25N5O3. The first-order valence-corrected chi connectivity index (χ1v) is 8.02. The number of carbonyl (C=O) groups excluding carboxylic acids is 2. The van der Waals surface area contributed by atoms with Gasteiger partial charge in [0.1, 0.15) is 0 Å². The van der Waals surface area contributed by atoms with E-state index in [0.717, 1.165) is 6.54 Å². The monoisotopic (exact) mass is 323 g/mol. The molecule has 0 bridgehead atoms. The molecule has 1 N–H and O–H groups in total. The Bertz CT molecular complexity index is 545. The molecule has 23 heavy (non-hydrogen) atoms. The molecule has 0 aromatic carbocycles. The summed E-state index contributed by atoms with van der Waals surface area (Å²) in [6, 6.07) is 0. The lowest BCUT2D eigenvalue weighted by Gasteiger charge is -2.23. The smallest absolute Gasteiger partial charge is 0.227 e. The predicted octanol–water partition coefficient (Wildman–Crippen LogP) is -0.299. The van der Waals surface area contributed by atoms with Gasteiger partial charge in [-0.1, -0.05) is 12.1 Å². The largest absolute Gasteiger partial charge is 0.359 e. The van der Waals surface area contributed by atoms with Crippen molar-refractivity contribution in [3.63, 3.8) is 0 Å². The van der Waals surface area contributed by atoms with Crippen molar-refractivity contribution >= 4 is 11.8 Å². The van der Waals surface area contributed by atoms with E-state index >= 15 is 0 Å². The first-order valence-electron chi connectivity index (χ1n) is 8.02. The van der Waals surface area contributed by atoms with Crippen molar-refractivity contribution in [3.8, 4) is 0 Å². The number of rotatable bonds is 5. The summed E-state index contributed by atoms with van der Waals surface area (Å²) in [4.78, 5) is 32.4. The second kappa shape index (κ2) is 8.05. The summed E-state index contributed by atoms with van der Waals surface area (Å²) in [6.07, 6.45) is 1.46. The lowest BCUT2D eigenvalue weighted by molar-refractivity contribution is -0.132. The summed E-state index contributed by atoms with van der Waals surface area (Å²) in [5.41, 5.74) is 0. The van der Waals surface area contributed by atoms with Crippen molar-refractivity contribution in [3.05, 3.63) is 11.7 Å². The van der Waals surface area contributed by atoms with Gasteiger partial charge < -0.3 is 19.6 Å². The van der Waals surface area contributed by atoms with Crippen LogP contribution >= 0.6 is 0 Å². The average Bonchev–Trinajstić information content (AvgIpc) is 2.93. The summed E-state index contributed by atoms with van der Waals surface area (Å²) >= 11 is 0. The van der Waals surface area contributed by atoms with Gasteiger partial charge in [-0.05, 0) is 7.05 Å². The standard InChI is InChI=1S/C15H25N5O3/c1-4-12-17-13(23-18-12)5-6-14(21)20-8-7-19(3)9-11(10-20)15(22)16-2/h11H,4-10H2,1-3H3,(H,16,22). The van der Waals surface area contributed by atoms with Gasteiger partial charge in [0.2, 0.25) is 17.7 Å². The minimum Gasteiger partial charge on any atom is -0.359 e. The Morgan fingerprint density at radius 1 is 1.35 bits per heavy atom. The molecule has 8 heteroatoms. The zero-order chi connectivity index (χ0) is 16.8. The van der Waals surface area contributed by atoms with Gasteiger partial charge in [0, 0.05) is 52.5 Å². The molecule has 0 saturated carbocycles. The Morgan fingerprint density at radius 3 is 2.78 bits per heavy atom. The van der Waals surface area contributed by atoms with Gasteiger partial charge in [-0.3, -0.25) is 9.59 Å². The molecule has 1 aliphatic rings. The van der Waals surface area contributed by atoms with Gasteiger partial charge in [-0.25, -0.2) is 0 Å². The van der Waals surface area contributed by atoms with Crippen LogP contribution in [0.1, 0.15) is 25.1 Å². The third-order valence-corrected chi connectivity index (χ3v) is 4.07. The molecule has 1 aliphatic heterocycles. The SMILES string of the molecule is CCc1noc(CCC(=O)N2CCN(C)CC(C(=O)NC)C2)n1. The Hall–Kier alpha value is -1.96. The molecule has 1 fully saturated rings. The zero-order valence-electron chi connectivity index (χ0n) is 14.0. The van der Waals surface area contributed by atoms with Crippen LogP contribution in [0.2, 0.25) is 0 Å². The molecule has 1 saturated heterocycles. The second-order valence-electron chi connectivity index (χ2n) is 5.87. The third-order valence-electron chi connectivity index (χ3n) is 4.07. The normalized spacial score (nSPS) is 19.4. The first-order chi connectivity index (χ1) is 11.0. The van der Waals surface area contributed by atoms with E-state index < -0.39 is 0 Å². The summed E-state index contributed by atoms with van der Waals surface area (Å²) in [7, 11) is 3.59. The van der Waals surface area contributed by atoms with Gasteiger partial charge in [0.05, 0.1) is 5.92 Å². The van der Waals surface area contributed by atoms with Gasteiger partial charge in [0.25, 0.3) is 0 Å². The van der Waals surface area contributed by atoms with Gasteiger partial charge in [0.15, 0.2) is 5.82 Å². The van der Waals surface area contributed by atoms with E-state index in [-0.39, 0.29) is 17.7 Å². The van der Waals surface area contributed by atoms with Crippen molar-refractivity contribution in [1.82, 2.24) is 25.3 Å². The van der Waals surface area contributed by atoms with Crippen molar-refractivity contribution < 1.29 is 14.1 Å². The fourth-order valence-electron chi connectivity index (χ4n) is 2.68. The number of nitrogens with one attached hydrogen (secondary N) is 1. The van der Waals surface area contributed by atoms with Crippen LogP contribution < -0.4 is 5.32 Å². The molecule has 2 heterocycles. The van der Waals surface area contributed by atoms with E-state index in [1.807, 2.05) is 14.0 Å². The molecule has 1 aromatic rings. The highest BCUT2D eigenvalue weighted by atomic mass is 16.5. The lowest BCUT2D eigenvalue weighted by atomic mass is 10.1. The summed E-state index contributed by atoms with van der Waals surface area (Å²) in [6.45, 7) is 4.46. The number of likely N-dealkylation sites (N-methyl/N-ethyl adjacent to an activating group) is 1. The van der Waals surface area contributed by atoms with Crippen LogP contribution in [0.25, 0.3) is 0 Å². The molecular weight excluding hydrogens is 298 g/mol. The highest BCUT2D eigenvalue weighted by Crippen LogP contribution is 2.11. The van der Waals surface area contributed by atoms with Crippen LogP contribution in [-0.4, -0.2) is 72.0 Å². The summed E-state index contributed by atoms with van der Waals surface area (Å²) < 4.78 is 5.11. The minimum atomic E-state index is -0.202. The number of nitrogens with zero attached hydrogens (tertiary/aromatic N) is 4. The van der Waals surface area contributed by atoms with E-state index in [9.17, 15) is 9.59 Å². The topological polar surface area (TPSA) is 91.6 Å². The van der Waals surface area contributed by atoms with Crippen LogP contribution in [-0.2, 0) is 22.4 Å². The van der Waals surface area contributed by atoms with Gasteiger partial charge in [-0.2, -0.15) is 4.98 Å². The number of carbonyl (C=O) groups is 2. The Labute approximate surface area is 136 Å². The molecule has 0 spiro atoms. The van der Waals surface area contributed by atoms with E-state index in [1.54, 1.807) is 11.9 Å². The molecule has 128 valence electrons. The van der Waals surface area contributed by atoms with Crippen LogP contribution in [0.4, 0.5) is 0 Å². The van der Waals surface area contributed by atoms with Crippen LogP contribution in [0.3, 0.4) is 0 Å². The summed E-state index contributed by atoms with van der Waals surface area (Å²) in [5.74, 6) is 0.937. The summed E-state index contributed by atoms with van der Waals surface area (Å²) in [5, 5.41) is 6.50. The fraction of sp³-hybridized carbons (Fsp3) is 0.733. The van der Waals surface area contributed by atoms with E-state index in [4.69, 9.17) is 4.52 Å². The minimum absolute atomic E-state index is 0.0189. The predicted molar refractivity (Wildman–Crippen MR) is 83.6 cm³/mol. The number of aryl methyl sites for hydroxylation is 2. The maximum Gasteiger partial charge on any atom is 0.227 e. The number of hydrogen-bond acceptors (Lipinski definition) is 6. The molecule has 1 unspecified atom stereocenters. The van der Waals surface area contributed by atoms with Crippen molar-refractivity contribution in [1.29, 1.82) is 0 Å². The van der Waals surface area contributed by atoms with Crippen LogP contribution in [0.5, 0.6) is 0 Å². The maximum absolute atomic E-state index is 12.4. The average molecular weight is 323 g/mol. The third kappa shape index (κ3) is 4.75. The quantitative estimate of drug-likeness (QED) is 0.800.